The monoisotopic (exact) mass is 167 g/mol. The third kappa shape index (κ3) is 1.23. The number of nitrogens with zero attached hydrogens (tertiary/aromatic N) is 1. The second kappa shape index (κ2) is 2.75. The summed E-state index contributed by atoms with van der Waals surface area (Å²) in [5.74, 6) is 0.918. The Morgan fingerprint density at radius 2 is 1.92 bits per heavy atom. The van der Waals surface area contributed by atoms with Crippen LogP contribution in [0.2, 0.25) is 0 Å². The molecular weight excluding hydrogens is 150 g/mol. The molecule has 1 spiro atoms. The number of amides is 1. The van der Waals surface area contributed by atoms with E-state index in [2.05, 4.69) is 6.92 Å². The third-order valence-electron chi connectivity index (χ3n) is 3.56. The highest BCUT2D eigenvalue weighted by molar-refractivity contribution is 5.49. The van der Waals surface area contributed by atoms with Crippen LogP contribution in [0.3, 0.4) is 0 Å². The van der Waals surface area contributed by atoms with Crippen LogP contribution in [0, 0.1) is 11.3 Å². The Balaban J connectivity index is 1.86. The average Bonchev–Trinajstić information content (AvgIpc) is 2.02. The van der Waals surface area contributed by atoms with E-state index in [4.69, 9.17) is 0 Å². The molecule has 1 amide bonds. The van der Waals surface area contributed by atoms with Gasteiger partial charge in [-0.1, -0.05) is 19.8 Å². The van der Waals surface area contributed by atoms with Gasteiger partial charge in [0.25, 0.3) is 0 Å². The second-order valence-corrected chi connectivity index (χ2v) is 4.69. The molecule has 2 heteroatoms. The highest BCUT2D eigenvalue weighted by Crippen LogP contribution is 2.44. The van der Waals surface area contributed by atoms with Crippen LogP contribution >= 0.6 is 0 Å². The fourth-order valence-corrected chi connectivity index (χ4v) is 2.58. The summed E-state index contributed by atoms with van der Waals surface area (Å²) in [5, 5.41) is 0. The molecule has 0 N–H and O–H groups in total. The van der Waals surface area contributed by atoms with Gasteiger partial charge in [0.15, 0.2) is 0 Å². The van der Waals surface area contributed by atoms with Crippen molar-refractivity contribution < 1.29 is 4.79 Å². The highest BCUT2D eigenvalue weighted by Gasteiger charge is 2.43. The molecule has 2 nitrogen and oxygen atoms in total. The molecule has 1 aliphatic carbocycles. The largest absolute Gasteiger partial charge is 0.344 e. The lowest BCUT2D eigenvalue weighted by Gasteiger charge is -2.51. The van der Waals surface area contributed by atoms with E-state index in [9.17, 15) is 4.79 Å². The minimum atomic E-state index is 0.549. The van der Waals surface area contributed by atoms with Gasteiger partial charge in [0, 0.05) is 18.5 Å². The van der Waals surface area contributed by atoms with Crippen molar-refractivity contribution in [1.29, 1.82) is 0 Å². The lowest BCUT2D eigenvalue weighted by Crippen LogP contribution is -2.56. The predicted molar refractivity (Wildman–Crippen MR) is 47.7 cm³/mol. The number of carbonyl (C=O) groups is 1. The summed E-state index contributed by atoms with van der Waals surface area (Å²) >= 11 is 0. The molecular formula is C10H17NO. The Labute approximate surface area is 73.9 Å². The van der Waals surface area contributed by atoms with Crippen LogP contribution in [-0.4, -0.2) is 24.4 Å². The van der Waals surface area contributed by atoms with E-state index in [0.29, 0.717) is 5.41 Å². The molecule has 1 heterocycles. The van der Waals surface area contributed by atoms with Gasteiger partial charge in [0.05, 0.1) is 0 Å². The molecule has 1 saturated heterocycles. The fraction of sp³-hybridized carbons (Fsp3) is 0.900. The van der Waals surface area contributed by atoms with Crippen molar-refractivity contribution in [1.82, 2.24) is 4.90 Å². The van der Waals surface area contributed by atoms with Crippen molar-refractivity contribution >= 4 is 6.41 Å². The molecule has 12 heavy (non-hydrogen) atoms. The molecule has 0 aromatic rings. The minimum Gasteiger partial charge on any atom is -0.344 e. The van der Waals surface area contributed by atoms with Gasteiger partial charge in [0.2, 0.25) is 6.41 Å². The zero-order valence-corrected chi connectivity index (χ0v) is 7.75. The molecule has 0 bridgehead atoms. The number of likely N-dealkylation sites (tertiary alicyclic amines) is 1. The molecule has 2 fully saturated rings. The first-order valence-corrected chi connectivity index (χ1v) is 4.93. The van der Waals surface area contributed by atoms with E-state index >= 15 is 0 Å². The Kier molecular flexibility index (Phi) is 1.85. The molecule has 0 unspecified atom stereocenters. The number of carbonyl (C=O) groups excluding carboxylic acids is 1. The quantitative estimate of drug-likeness (QED) is 0.544. The van der Waals surface area contributed by atoms with Gasteiger partial charge < -0.3 is 4.90 Å². The van der Waals surface area contributed by atoms with Crippen LogP contribution in [0.5, 0.6) is 0 Å². The van der Waals surface area contributed by atoms with Crippen LogP contribution < -0.4 is 0 Å². The zero-order chi connectivity index (χ0) is 8.60. The van der Waals surface area contributed by atoms with E-state index < -0.39 is 0 Å². The first-order chi connectivity index (χ1) is 5.74. The summed E-state index contributed by atoms with van der Waals surface area (Å²) in [6.45, 7) is 4.40. The summed E-state index contributed by atoms with van der Waals surface area (Å²) in [7, 11) is 0. The van der Waals surface area contributed by atoms with Crippen LogP contribution in [0.1, 0.15) is 32.6 Å². The van der Waals surface area contributed by atoms with Crippen molar-refractivity contribution in [2.24, 2.45) is 11.3 Å². The number of rotatable bonds is 1. The Hall–Kier alpha value is -0.530. The minimum absolute atomic E-state index is 0.549. The molecule has 0 aromatic heterocycles. The van der Waals surface area contributed by atoms with Gasteiger partial charge in [-0.2, -0.15) is 0 Å². The molecule has 0 radical (unpaired) electrons. The van der Waals surface area contributed by atoms with Gasteiger partial charge in [-0.3, -0.25) is 4.79 Å². The SMILES string of the molecule is CC1CCC2(CC1)CN(C=O)C2. The summed E-state index contributed by atoms with van der Waals surface area (Å²) in [5.41, 5.74) is 0.549. The Morgan fingerprint density at radius 1 is 1.33 bits per heavy atom. The van der Waals surface area contributed by atoms with Gasteiger partial charge in [0.1, 0.15) is 0 Å². The van der Waals surface area contributed by atoms with E-state index in [1.807, 2.05) is 4.90 Å². The van der Waals surface area contributed by atoms with E-state index in [1.165, 1.54) is 25.7 Å². The van der Waals surface area contributed by atoms with E-state index in [1.54, 1.807) is 0 Å². The van der Waals surface area contributed by atoms with Crippen molar-refractivity contribution in [2.75, 3.05) is 13.1 Å². The zero-order valence-electron chi connectivity index (χ0n) is 7.75. The van der Waals surface area contributed by atoms with E-state index in [0.717, 1.165) is 25.4 Å². The van der Waals surface area contributed by atoms with Crippen LogP contribution in [0.4, 0.5) is 0 Å². The number of hydrogen-bond donors (Lipinski definition) is 0. The van der Waals surface area contributed by atoms with Crippen molar-refractivity contribution in [3.05, 3.63) is 0 Å². The molecule has 2 rings (SSSR count). The van der Waals surface area contributed by atoms with Crippen molar-refractivity contribution in [2.45, 2.75) is 32.6 Å². The average molecular weight is 167 g/mol. The standard InChI is InChI=1S/C10H17NO/c1-9-2-4-10(5-3-9)6-11(7-10)8-12/h8-9H,2-7H2,1H3. The predicted octanol–water partition coefficient (Wildman–Crippen LogP) is 1.65. The Morgan fingerprint density at radius 3 is 2.42 bits per heavy atom. The molecule has 0 aromatic carbocycles. The second-order valence-electron chi connectivity index (χ2n) is 4.69. The van der Waals surface area contributed by atoms with Crippen molar-refractivity contribution in [3.8, 4) is 0 Å². The van der Waals surface area contributed by atoms with Crippen LogP contribution in [-0.2, 0) is 4.79 Å². The lowest BCUT2D eigenvalue weighted by atomic mass is 9.66. The maximum atomic E-state index is 10.4. The van der Waals surface area contributed by atoms with Gasteiger partial charge >= 0.3 is 0 Å². The molecule has 1 saturated carbocycles. The van der Waals surface area contributed by atoms with Gasteiger partial charge in [-0.05, 0) is 18.8 Å². The summed E-state index contributed by atoms with van der Waals surface area (Å²) < 4.78 is 0. The summed E-state index contributed by atoms with van der Waals surface area (Å²) in [6.07, 6.45) is 6.42. The topological polar surface area (TPSA) is 20.3 Å². The number of hydrogen-bond acceptors (Lipinski definition) is 1. The summed E-state index contributed by atoms with van der Waals surface area (Å²) in [6, 6.07) is 0. The van der Waals surface area contributed by atoms with Gasteiger partial charge in [-0.15, -0.1) is 0 Å². The summed E-state index contributed by atoms with van der Waals surface area (Å²) in [4.78, 5) is 12.3. The smallest absolute Gasteiger partial charge is 0.209 e. The lowest BCUT2D eigenvalue weighted by molar-refractivity contribution is -0.132. The first kappa shape index (κ1) is 8.09. The fourth-order valence-electron chi connectivity index (χ4n) is 2.58. The first-order valence-electron chi connectivity index (χ1n) is 4.93. The van der Waals surface area contributed by atoms with Gasteiger partial charge in [-0.25, -0.2) is 0 Å². The maximum Gasteiger partial charge on any atom is 0.209 e. The third-order valence-corrected chi connectivity index (χ3v) is 3.56. The molecule has 2 aliphatic rings. The molecule has 68 valence electrons. The molecule has 1 aliphatic heterocycles. The highest BCUT2D eigenvalue weighted by atomic mass is 16.1. The van der Waals surface area contributed by atoms with Crippen molar-refractivity contribution in [3.63, 3.8) is 0 Å². The maximum absolute atomic E-state index is 10.4. The van der Waals surface area contributed by atoms with Crippen LogP contribution in [0.15, 0.2) is 0 Å². The van der Waals surface area contributed by atoms with Crippen LogP contribution in [0.25, 0.3) is 0 Å². The Bertz CT molecular complexity index is 174. The molecule has 0 atom stereocenters. The normalized spacial score (nSPS) is 28.6. The van der Waals surface area contributed by atoms with E-state index in [-0.39, 0.29) is 0 Å².